The Morgan fingerprint density at radius 2 is 1.85 bits per heavy atom. The molecule has 0 saturated carbocycles. The molecule has 70 valence electrons. The number of carbonyl (C=O) groups excluding carboxylic acids is 1. The van der Waals surface area contributed by atoms with Gasteiger partial charge in [0.05, 0.1) is 0 Å². The van der Waals surface area contributed by atoms with Crippen LogP contribution in [0.2, 0.25) is 5.02 Å². The van der Waals surface area contributed by atoms with Crippen LogP contribution < -0.4 is 0 Å². The third kappa shape index (κ3) is 3.11. The van der Waals surface area contributed by atoms with Crippen LogP contribution in [0.5, 0.6) is 0 Å². The molecule has 0 aliphatic carbocycles. The minimum Gasteiger partial charge on any atom is -0.293 e. The van der Waals surface area contributed by atoms with Crippen LogP contribution in [0, 0.1) is 0 Å². The molecule has 4 heteroatoms. The summed E-state index contributed by atoms with van der Waals surface area (Å²) in [6, 6.07) is 6.25. The zero-order chi connectivity index (χ0) is 9.84. The van der Waals surface area contributed by atoms with Crippen LogP contribution in [0.15, 0.2) is 24.3 Å². The van der Waals surface area contributed by atoms with Gasteiger partial charge in [-0.3, -0.25) is 4.79 Å². The Morgan fingerprint density at radius 1 is 1.31 bits per heavy atom. The van der Waals surface area contributed by atoms with E-state index in [-0.39, 0.29) is 6.42 Å². The predicted molar refractivity (Wildman–Crippen MR) is 46.2 cm³/mol. The van der Waals surface area contributed by atoms with Crippen molar-refractivity contribution in [3.05, 3.63) is 34.9 Å². The van der Waals surface area contributed by atoms with Crippen LogP contribution in [0.1, 0.15) is 5.56 Å². The van der Waals surface area contributed by atoms with Gasteiger partial charge in [0.15, 0.2) is 0 Å². The molecule has 1 aromatic carbocycles. The smallest absolute Gasteiger partial charge is 0.293 e. The molecule has 0 radical (unpaired) electrons. The fourth-order valence-electron chi connectivity index (χ4n) is 0.881. The Bertz CT molecular complexity index is 295. The molecule has 1 aromatic rings. The summed E-state index contributed by atoms with van der Waals surface area (Å²) in [6.07, 6.45) is -3.13. The Labute approximate surface area is 79.3 Å². The molecule has 1 nitrogen and oxygen atoms in total. The van der Waals surface area contributed by atoms with Crippen LogP contribution in [-0.4, -0.2) is 12.2 Å². The maximum atomic E-state index is 11.8. The first-order chi connectivity index (χ1) is 6.09. The van der Waals surface area contributed by atoms with Crippen molar-refractivity contribution in [3.8, 4) is 0 Å². The maximum absolute atomic E-state index is 11.8. The van der Waals surface area contributed by atoms with Crippen molar-refractivity contribution in [1.82, 2.24) is 0 Å². The third-order valence-electron chi connectivity index (χ3n) is 1.54. The number of halogens is 3. The molecule has 0 atom stereocenters. The fraction of sp³-hybridized carbons (Fsp3) is 0.222. The van der Waals surface area contributed by atoms with Gasteiger partial charge in [-0.05, 0) is 17.7 Å². The highest BCUT2D eigenvalue weighted by Gasteiger charge is 2.14. The van der Waals surface area contributed by atoms with Crippen molar-refractivity contribution in [2.24, 2.45) is 0 Å². The quantitative estimate of drug-likeness (QED) is 0.740. The molecule has 0 amide bonds. The van der Waals surface area contributed by atoms with Gasteiger partial charge in [-0.1, -0.05) is 23.7 Å². The second kappa shape index (κ2) is 4.33. The molecule has 13 heavy (non-hydrogen) atoms. The van der Waals surface area contributed by atoms with Crippen LogP contribution in [0.3, 0.4) is 0 Å². The monoisotopic (exact) mass is 204 g/mol. The van der Waals surface area contributed by atoms with Crippen LogP contribution in [0.4, 0.5) is 8.78 Å². The van der Waals surface area contributed by atoms with E-state index in [1.807, 2.05) is 0 Å². The molecular weight excluding hydrogens is 198 g/mol. The minimum atomic E-state index is -2.89. The molecule has 0 unspecified atom stereocenters. The van der Waals surface area contributed by atoms with Gasteiger partial charge in [-0.25, -0.2) is 8.78 Å². The van der Waals surface area contributed by atoms with Crippen molar-refractivity contribution >= 4 is 17.4 Å². The standard InChI is InChI=1S/C9H7ClF2O/c10-7-3-1-6(2-4-7)5-8(13)9(11)12/h1-4,9H,5H2. The first-order valence-electron chi connectivity index (χ1n) is 3.65. The average molecular weight is 205 g/mol. The highest BCUT2D eigenvalue weighted by Crippen LogP contribution is 2.11. The van der Waals surface area contributed by atoms with Gasteiger partial charge in [-0.2, -0.15) is 0 Å². The van der Waals surface area contributed by atoms with Gasteiger partial charge in [0.1, 0.15) is 0 Å². The van der Waals surface area contributed by atoms with E-state index in [2.05, 4.69) is 0 Å². The molecule has 0 aliphatic rings. The first-order valence-corrected chi connectivity index (χ1v) is 4.02. The summed E-state index contributed by atoms with van der Waals surface area (Å²) in [5.74, 6) is -1.07. The Balaban J connectivity index is 2.65. The van der Waals surface area contributed by atoms with E-state index in [1.165, 1.54) is 0 Å². The van der Waals surface area contributed by atoms with Gasteiger partial charge in [-0.15, -0.1) is 0 Å². The molecule has 0 aromatic heterocycles. The van der Waals surface area contributed by atoms with Crippen LogP contribution in [-0.2, 0) is 11.2 Å². The van der Waals surface area contributed by atoms with Gasteiger partial charge in [0, 0.05) is 11.4 Å². The van der Waals surface area contributed by atoms with E-state index < -0.39 is 12.2 Å². The van der Waals surface area contributed by atoms with E-state index in [0.717, 1.165) is 0 Å². The molecule has 0 heterocycles. The number of rotatable bonds is 3. The van der Waals surface area contributed by atoms with Crippen molar-refractivity contribution in [2.75, 3.05) is 0 Å². The van der Waals surface area contributed by atoms with Crippen molar-refractivity contribution in [2.45, 2.75) is 12.8 Å². The predicted octanol–water partition coefficient (Wildman–Crippen LogP) is 2.72. The average Bonchev–Trinajstić information content (AvgIpc) is 2.08. The largest absolute Gasteiger partial charge is 0.296 e. The summed E-state index contributed by atoms with van der Waals surface area (Å²) in [5, 5.41) is 0.522. The number of Topliss-reactive ketones (excluding diaryl/α,β-unsaturated/α-hetero) is 1. The third-order valence-corrected chi connectivity index (χ3v) is 1.79. The maximum Gasteiger partial charge on any atom is 0.296 e. The lowest BCUT2D eigenvalue weighted by Crippen LogP contribution is -2.12. The van der Waals surface area contributed by atoms with Gasteiger partial charge in [0.2, 0.25) is 5.78 Å². The molecular formula is C9H7ClF2O. The molecule has 0 saturated heterocycles. The lowest BCUT2D eigenvalue weighted by atomic mass is 10.1. The lowest BCUT2D eigenvalue weighted by Gasteiger charge is -1.99. The summed E-state index contributed by atoms with van der Waals surface area (Å²) >= 11 is 5.58. The van der Waals surface area contributed by atoms with Gasteiger partial charge in [0.25, 0.3) is 6.43 Å². The number of ketones is 1. The summed E-state index contributed by atoms with van der Waals surface area (Å²) < 4.78 is 23.6. The zero-order valence-electron chi connectivity index (χ0n) is 6.64. The molecule has 0 N–H and O–H groups in total. The summed E-state index contributed by atoms with van der Waals surface area (Å²) in [7, 11) is 0. The van der Waals surface area contributed by atoms with E-state index >= 15 is 0 Å². The van der Waals surface area contributed by atoms with E-state index in [1.54, 1.807) is 24.3 Å². The molecule has 0 fully saturated rings. The molecule has 0 bridgehead atoms. The van der Waals surface area contributed by atoms with Crippen molar-refractivity contribution in [1.29, 1.82) is 0 Å². The van der Waals surface area contributed by atoms with E-state index in [9.17, 15) is 13.6 Å². The topological polar surface area (TPSA) is 17.1 Å². The fourth-order valence-corrected chi connectivity index (χ4v) is 1.01. The van der Waals surface area contributed by atoms with Crippen LogP contribution >= 0.6 is 11.6 Å². The number of carbonyl (C=O) groups is 1. The molecule has 1 rings (SSSR count). The number of hydrogen-bond donors (Lipinski definition) is 0. The highest BCUT2D eigenvalue weighted by atomic mass is 35.5. The Morgan fingerprint density at radius 3 is 2.31 bits per heavy atom. The SMILES string of the molecule is O=C(Cc1ccc(Cl)cc1)C(F)F. The van der Waals surface area contributed by atoms with Crippen molar-refractivity contribution < 1.29 is 13.6 Å². The number of hydrogen-bond acceptors (Lipinski definition) is 1. The van der Waals surface area contributed by atoms with Crippen molar-refractivity contribution in [3.63, 3.8) is 0 Å². The van der Waals surface area contributed by atoms with Gasteiger partial charge < -0.3 is 0 Å². The first kappa shape index (κ1) is 10.1. The molecule has 0 spiro atoms. The molecule has 0 aliphatic heterocycles. The Hall–Kier alpha value is -0.960. The zero-order valence-corrected chi connectivity index (χ0v) is 7.39. The lowest BCUT2D eigenvalue weighted by molar-refractivity contribution is -0.128. The van der Waals surface area contributed by atoms with E-state index in [4.69, 9.17) is 11.6 Å². The minimum absolute atomic E-state index is 0.241. The second-order valence-electron chi connectivity index (χ2n) is 2.57. The summed E-state index contributed by atoms with van der Waals surface area (Å²) in [4.78, 5) is 10.6. The normalized spacial score (nSPS) is 10.5. The van der Waals surface area contributed by atoms with Gasteiger partial charge >= 0.3 is 0 Å². The number of benzene rings is 1. The van der Waals surface area contributed by atoms with Crippen LogP contribution in [0.25, 0.3) is 0 Å². The second-order valence-corrected chi connectivity index (χ2v) is 3.01. The highest BCUT2D eigenvalue weighted by molar-refractivity contribution is 6.30. The van der Waals surface area contributed by atoms with E-state index in [0.29, 0.717) is 10.6 Å². The Kier molecular flexibility index (Phi) is 3.37. The summed E-state index contributed by atoms with van der Waals surface area (Å²) in [6.45, 7) is 0. The number of alkyl halides is 2. The summed E-state index contributed by atoms with van der Waals surface area (Å²) in [5.41, 5.74) is 0.551.